The number of sulfonamides is 1. The highest BCUT2D eigenvalue weighted by Crippen LogP contribution is 2.19. The van der Waals surface area contributed by atoms with Crippen molar-refractivity contribution in [1.29, 1.82) is 0 Å². The number of aromatic nitrogens is 5. The van der Waals surface area contributed by atoms with Crippen LogP contribution in [0.5, 0.6) is 0 Å². The molecule has 25 heavy (non-hydrogen) atoms. The largest absolute Gasteiger partial charge is 0.355 e. The Labute approximate surface area is 144 Å². The predicted molar refractivity (Wildman–Crippen MR) is 90.6 cm³/mol. The molecule has 0 amide bonds. The lowest BCUT2D eigenvalue weighted by Gasteiger charge is -2.32. The van der Waals surface area contributed by atoms with Crippen LogP contribution in [-0.2, 0) is 10.0 Å². The van der Waals surface area contributed by atoms with E-state index in [9.17, 15) is 8.42 Å². The zero-order chi connectivity index (χ0) is 17.3. The summed E-state index contributed by atoms with van der Waals surface area (Å²) >= 11 is 0. The van der Waals surface area contributed by atoms with Crippen molar-refractivity contribution in [1.82, 2.24) is 30.0 Å². The van der Waals surface area contributed by atoms with Crippen LogP contribution >= 0.6 is 0 Å². The maximum absolute atomic E-state index is 12.4. The first-order valence-corrected chi connectivity index (χ1v) is 9.48. The number of anilines is 1. The molecule has 0 radical (unpaired) electrons. The lowest BCUT2D eigenvalue weighted by Crippen LogP contribution is -2.45. The lowest BCUT2D eigenvalue weighted by atomic mass is 10.1. The summed E-state index contributed by atoms with van der Waals surface area (Å²) in [7, 11) is -3.48. The van der Waals surface area contributed by atoms with Gasteiger partial charge >= 0.3 is 0 Å². The predicted octanol–water partition coefficient (Wildman–Crippen LogP) is 0.467. The number of fused-ring (bicyclic) bond motifs is 1. The second-order valence-corrected chi connectivity index (χ2v) is 7.63. The molecule has 0 aliphatic carbocycles. The van der Waals surface area contributed by atoms with Crippen molar-refractivity contribution in [2.24, 2.45) is 0 Å². The molecule has 1 aromatic carbocycles. The molecule has 3 aromatic rings. The van der Waals surface area contributed by atoms with Crippen molar-refractivity contribution >= 4 is 21.5 Å². The van der Waals surface area contributed by atoms with Crippen molar-refractivity contribution in [3.8, 4) is 0 Å². The number of piperidine rings is 1. The van der Waals surface area contributed by atoms with Crippen LogP contribution in [0, 0.1) is 0 Å². The van der Waals surface area contributed by atoms with Gasteiger partial charge in [0, 0.05) is 19.1 Å². The van der Waals surface area contributed by atoms with E-state index in [2.05, 4.69) is 30.2 Å². The molecule has 0 saturated carbocycles. The smallest absolute Gasteiger partial charge is 0.240 e. The van der Waals surface area contributed by atoms with E-state index in [4.69, 9.17) is 0 Å². The number of hydrogen-bond donors (Lipinski definition) is 1. The van der Waals surface area contributed by atoms with Gasteiger partial charge in [0.25, 0.3) is 0 Å². The zero-order valence-corrected chi connectivity index (χ0v) is 14.2. The minimum atomic E-state index is -3.48. The Balaban J connectivity index is 1.41. The van der Waals surface area contributed by atoms with Gasteiger partial charge in [-0.2, -0.15) is 0 Å². The second kappa shape index (κ2) is 6.37. The summed E-state index contributed by atoms with van der Waals surface area (Å²) in [6.07, 6.45) is 1.42. The zero-order valence-electron chi connectivity index (χ0n) is 13.4. The molecular formula is C15H17N7O2S. The first kappa shape index (κ1) is 15.9. The van der Waals surface area contributed by atoms with E-state index in [-0.39, 0.29) is 6.04 Å². The summed E-state index contributed by atoms with van der Waals surface area (Å²) < 4.78 is 29.0. The minimum Gasteiger partial charge on any atom is -0.355 e. The first-order chi connectivity index (χ1) is 12.1. The molecule has 0 spiro atoms. The van der Waals surface area contributed by atoms with Crippen LogP contribution in [0.25, 0.3) is 5.65 Å². The van der Waals surface area contributed by atoms with Crippen LogP contribution in [0.4, 0.5) is 5.82 Å². The third-order valence-corrected chi connectivity index (χ3v) is 5.79. The molecule has 1 fully saturated rings. The van der Waals surface area contributed by atoms with Crippen LogP contribution in [0.1, 0.15) is 12.8 Å². The molecule has 1 N–H and O–H groups in total. The summed E-state index contributed by atoms with van der Waals surface area (Å²) in [5, 5.41) is 15.6. The molecular weight excluding hydrogens is 342 g/mol. The Hall–Kier alpha value is -2.59. The lowest BCUT2D eigenvalue weighted by molar-refractivity contribution is 0.457. The summed E-state index contributed by atoms with van der Waals surface area (Å²) in [5.41, 5.74) is 0.592. The molecule has 10 heteroatoms. The van der Waals surface area contributed by atoms with E-state index in [0.717, 1.165) is 5.82 Å². The number of nitrogens with zero attached hydrogens (tertiary/aromatic N) is 6. The van der Waals surface area contributed by atoms with Gasteiger partial charge in [-0.3, -0.25) is 0 Å². The standard InChI is InChI=1S/C15H17N7O2S/c23-25(24,13-4-2-1-3-5-13)18-12-8-10-21(11-9-12)15-7-6-14-16-19-20-22(14)17-15/h1-7,12,18H,8-11H2. The average Bonchev–Trinajstić information content (AvgIpc) is 3.10. The van der Waals surface area contributed by atoms with Gasteiger partial charge in [-0.15, -0.1) is 14.8 Å². The van der Waals surface area contributed by atoms with Crippen molar-refractivity contribution in [2.75, 3.05) is 18.0 Å². The van der Waals surface area contributed by atoms with E-state index in [1.807, 2.05) is 12.1 Å². The van der Waals surface area contributed by atoms with Gasteiger partial charge in [-0.1, -0.05) is 18.2 Å². The van der Waals surface area contributed by atoms with Gasteiger partial charge in [-0.25, -0.2) is 13.1 Å². The molecule has 4 rings (SSSR count). The van der Waals surface area contributed by atoms with Crippen LogP contribution < -0.4 is 9.62 Å². The van der Waals surface area contributed by atoms with Crippen molar-refractivity contribution in [2.45, 2.75) is 23.8 Å². The van der Waals surface area contributed by atoms with Gasteiger partial charge in [-0.05, 0) is 47.5 Å². The molecule has 2 aromatic heterocycles. The summed E-state index contributed by atoms with van der Waals surface area (Å²) in [6.45, 7) is 1.42. The highest BCUT2D eigenvalue weighted by Gasteiger charge is 2.25. The highest BCUT2D eigenvalue weighted by molar-refractivity contribution is 7.89. The normalized spacial score (nSPS) is 16.4. The fourth-order valence-electron chi connectivity index (χ4n) is 2.92. The second-order valence-electron chi connectivity index (χ2n) is 5.91. The van der Waals surface area contributed by atoms with Gasteiger partial charge in [0.2, 0.25) is 10.0 Å². The Bertz CT molecular complexity index is 966. The van der Waals surface area contributed by atoms with E-state index < -0.39 is 10.0 Å². The molecule has 3 heterocycles. The molecule has 1 aliphatic heterocycles. The van der Waals surface area contributed by atoms with Gasteiger partial charge in [0.15, 0.2) is 11.5 Å². The molecule has 0 bridgehead atoms. The van der Waals surface area contributed by atoms with Gasteiger partial charge in [0.1, 0.15) is 0 Å². The fraction of sp³-hybridized carbons (Fsp3) is 0.333. The molecule has 0 unspecified atom stereocenters. The van der Waals surface area contributed by atoms with Crippen molar-refractivity contribution in [3.63, 3.8) is 0 Å². The Morgan fingerprint density at radius 2 is 1.80 bits per heavy atom. The SMILES string of the molecule is O=S(=O)(NC1CCN(c2ccc3nnnn3n2)CC1)c1ccccc1. The summed E-state index contributed by atoms with van der Waals surface area (Å²) in [4.78, 5) is 2.40. The van der Waals surface area contributed by atoms with Crippen LogP contribution in [-0.4, -0.2) is 52.8 Å². The number of hydrogen-bond acceptors (Lipinski definition) is 7. The summed E-state index contributed by atoms with van der Waals surface area (Å²) in [5.74, 6) is 0.782. The van der Waals surface area contributed by atoms with Gasteiger partial charge < -0.3 is 4.90 Å². The Kier molecular flexibility index (Phi) is 4.06. The number of benzene rings is 1. The third-order valence-electron chi connectivity index (χ3n) is 4.25. The number of nitrogens with one attached hydrogen (secondary N) is 1. The van der Waals surface area contributed by atoms with Crippen molar-refractivity contribution < 1.29 is 8.42 Å². The topological polar surface area (TPSA) is 105 Å². The van der Waals surface area contributed by atoms with E-state index in [0.29, 0.717) is 36.5 Å². The molecule has 9 nitrogen and oxygen atoms in total. The van der Waals surface area contributed by atoms with Crippen LogP contribution in [0.2, 0.25) is 0 Å². The molecule has 1 saturated heterocycles. The van der Waals surface area contributed by atoms with E-state index in [1.54, 1.807) is 30.3 Å². The molecule has 130 valence electrons. The molecule has 1 aliphatic rings. The quantitative estimate of drug-likeness (QED) is 0.722. The van der Waals surface area contributed by atoms with Crippen LogP contribution in [0.15, 0.2) is 47.4 Å². The monoisotopic (exact) mass is 359 g/mol. The third kappa shape index (κ3) is 3.30. The Morgan fingerprint density at radius 1 is 1.04 bits per heavy atom. The average molecular weight is 359 g/mol. The highest BCUT2D eigenvalue weighted by atomic mass is 32.2. The first-order valence-electron chi connectivity index (χ1n) is 8.00. The molecule has 0 atom stereocenters. The maximum atomic E-state index is 12.4. The van der Waals surface area contributed by atoms with E-state index >= 15 is 0 Å². The fourth-order valence-corrected chi connectivity index (χ4v) is 4.25. The summed E-state index contributed by atoms with van der Waals surface area (Å²) in [6, 6.07) is 12.0. The van der Waals surface area contributed by atoms with E-state index in [1.165, 1.54) is 4.63 Å². The minimum absolute atomic E-state index is 0.0850. The maximum Gasteiger partial charge on any atom is 0.240 e. The van der Waals surface area contributed by atoms with Crippen molar-refractivity contribution in [3.05, 3.63) is 42.5 Å². The van der Waals surface area contributed by atoms with Gasteiger partial charge in [0.05, 0.1) is 4.90 Å². The Morgan fingerprint density at radius 3 is 2.56 bits per heavy atom. The number of rotatable bonds is 4. The van der Waals surface area contributed by atoms with Crippen LogP contribution in [0.3, 0.4) is 0 Å². The number of tetrazole rings is 1.